The standard InChI is InChI=1S/C12H11N5O2/c1-17-6-7(5-14-17)11-15-12(19-16-11)8-3-2-4-9(13)10(8)18/h2-6,18H,13H2,1H3. The lowest BCUT2D eigenvalue weighted by molar-refractivity contribution is 0.426. The number of phenolic OH excluding ortho intramolecular Hbond substituents is 1. The zero-order valence-corrected chi connectivity index (χ0v) is 10.1. The predicted octanol–water partition coefficient (Wildman–Crippen LogP) is 1.42. The van der Waals surface area contributed by atoms with E-state index in [9.17, 15) is 5.11 Å². The van der Waals surface area contributed by atoms with Gasteiger partial charge in [-0.05, 0) is 12.1 Å². The summed E-state index contributed by atoms with van der Waals surface area (Å²) < 4.78 is 6.78. The van der Waals surface area contributed by atoms with Crippen molar-refractivity contribution in [2.45, 2.75) is 0 Å². The van der Waals surface area contributed by atoms with Crippen LogP contribution in [0.5, 0.6) is 5.75 Å². The molecule has 0 aliphatic rings. The zero-order valence-electron chi connectivity index (χ0n) is 10.1. The fourth-order valence-corrected chi connectivity index (χ4v) is 1.72. The minimum absolute atomic E-state index is 0.0658. The highest BCUT2D eigenvalue weighted by Gasteiger charge is 2.15. The summed E-state index contributed by atoms with van der Waals surface area (Å²) in [6, 6.07) is 4.96. The van der Waals surface area contributed by atoms with Crippen molar-refractivity contribution in [3.05, 3.63) is 30.6 Å². The Labute approximate surface area is 108 Å². The van der Waals surface area contributed by atoms with Gasteiger partial charge < -0.3 is 15.4 Å². The Balaban J connectivity index is 2.04. The SMILES string of the molecule is Cn1cc(-c2noc(-c3cccc(N)c3O)n2)cn1. The van der Waals surface area contributed by atoms with Crippen molar-refractivity contribution < 1.29 is 9.63 Å². The van der Waals surface area contributed by atoms with Gasteiger partial charge in [0.25, 0.3) is 5.89 Å². The fraction of sp³-hybridized carbons (Fsp3) is 0.0833. The number of aryl methyl sites for hydroxylation is 1. The van der Waals surface area contributed by atoms with Crippen molar-refractivity contribution in [3.63, 3.8) is 0 Å². The maximum atomic E-state index is 9.87. The van der Waals surface area contributed by atoms with Crippen molar-refractivity contribution in [1.82, 2.24) is 19.9 Å². The molecule has 2 aromatic heterocycles. The number of hydrogen-bond acceptors (Lipinski definition) is 6. The summed E-state index contributed by atoms with van der Waals surface area (Å²) in [6.45, 7) is 0. The van der Waals surface area contributed by atoms with Gasteiger partial charge in [-0.2, -0.15) is 10.1 Å². The number of aromatic nitrogens is 4. The van der Waals surface area contributed by atoms with E-state index in [0.29, 0.717) is 11.4 Å². The number of nitrogens with zero attached hydrogens (tertiary/aromatic N) is 4. The van der Waals surface area contributed by atoms with E-state index in [0.717, 1.165) is 5.56 Å². The molecule has 0 spiro atoms. The number of anilines is 1. The van der Waals surface area contributed by atoms with Gasteiger partial charge in [-0.3, -0.25) is 4.68 Å². The van der Waals surface area contributed by atoms with Gasteiger partial charge in [0.2, 0.25) is 5.82 Å². The van der Waals surface area contributed by atoms with E-state index in [1.807, 2.05) is 0 Å². The third-order valence-corrected chi connectivity index (χ3v) is 2.69. The third kappa shape index (κ3) is 1.90. The number of benzene rings is 1. The van der Waals surface area contributed by atoms with Crippen molar-refractivity contribution in [2.24, 2.45) is 7.05 Å². The van der Waals surface area contributed by atoms with Crippen LogP contribution in [0.2, 0.25) is 0 Å². The Morgan fingerprint density at radius 3 is 2.95 bits per heavy atom. The van der Waals surface area contributed by atoms with Crippen molar-refractivity contribution in [3.8, 4) is 28.6 Å². The number of hydrogen-bond donors (Lipinski definition) is 2. The Morgan fingerprint density at radius 1 is 1.37 bits per heavy atom. The summed E-state index contributed by atoms with van der Waals surface area (Å²) in [4.78, 5) is 4.22. The summed E-state index contributed by atoms with van der Waals surface area (Å²) in [5.41, 5.74) is 7.03. The highest BCUT2D eigenvalue weighted by Crippen LogP contribution is 2.33. The number of rotatable bonds is 2. The van der Waals surface area contributed by atoms with E-state index in [-0.39, 0.29) is 17.3 Å². The van der Waals surface area contributed by atoms with Crippen LogP contribution >= 0.6 is 0 Å². The van der Waals surface area contributed by atoms with Crippen molar-refractivity contribution >= 4 is 5.69 Å². The van der Waals surface area contributed by atoms with Crippen LogP contribution < -0.4 is 5.73 Å². The molecule has 0 saturated heterocycles. The average Bonchev–Trinajstić information content (AvgIpc) is 3.01. The molecule has 7 nitrogen and oxygen atoms in total. The molecule has 0 atom stereocenters. The highest BCUT2D eigenvalue weighted by molar-refractivity contribution is 5.72. The Kier molecular flexibility index (Phi) is 2.45. The predicted molar refractivity (Wildman–Crippen MR) is 68.0 cm³/mol. The topological polar surface area (TPSA) is 103 Å². The van der Waals surface area contributed by atoms with Gasteiger partial charge in [0.1, 0.15) is 0 Å². The molecule has 7 heteroatoms. The van der Waals surface area contributed by atoms with E-state index >= 15 is 0 Å². The summed E-state index contributed by atoms with van der Waals surface area (Å²) in [6.07, 6.45) is 3.40. The number of nitrogens with two attached hydrogens (primary N) is 1. The van der Waals surface area contributed by atoms with Gasteiger partial charge in [-0.15, -0.1) is 0 Å². The maximum absolute atomic E-state index is 9.87. The van der Waals surface area contributed by atoms with Crippen LogP contribution in [0.3, 0.4) is 0 Å². The second-order valence-electron chi connectivity index (χ2n) is 4.07. The fourth-order valence-electron chi connectivity index (χ4n) is 1.72. The number of para-hydroxylation sites is 1. The summed E-state index contributed by atoms with van der Waals surface area (Å²) >= 11 is 0. The van der Waals surface area contributed by atoms with Crippen LogP contribution in [0.4, 0.5) is 5.69 Å². The van der Waals surface area contributed by atoms with E-state index in [1.165, 1.54) is 0 Å². The van der Waals surface area contributed by atoms with Crippen LogP contribution in [0.15, 0.2) is 35.1 Å². The van der Waals surface area contributed by atoms with Gasteiger partial charge in [0.15, 0.2) is 5.75 Å². The van der Waals surface area contributed by atoms with E-state index in [2.05, 4.69) is 15.2 Å². The Morgan fingerprint density at radius 2 is 2.21 bits per heavy atom. The van der Waals surface area contributed by atoms with E-state index < -0.39 is 0 Å². The molecule has 0 unspecified atom stereocenters. The first-order chi connectivity index (χ1) is 9.15. The summed E-state index contributed by atoms with van der Waals surface area (Å²) in [7, 11) is 1.80. The molecule has 3 aromatic rings. The summed E-state index contributed by atoms with van der Waals surface area (Å²) in [5, 5.41) is 17.8. The number of nitrogen functional groups attached to an aromatic ring is 1. The van der Waals surface area contributed by atoms with Gasteiger partial charge in [-0.1, -0.05) is 11.2 Å². The monoisotopic (exact) mass is 257 g/mol. The van der Waals surface area contributed by atoms with Crippen molar-refractivity contribution in [1.29, 1.82) is 0 Å². The number of phenols is 1. The molecule has 96 valence electrons. The van der Waals surface area contributed by atoms with Crippen LogP contribution in [-0.2, 0) is 7.05 Å². The lowest BCUT2D eigenvalue weighted by Crippen LogP contribution is -1.88. The van der Waals surface area contributed by atoms with Gasteiger partial charge in [0, 0.05) is 13.2 Å². The molecule has 2 heterocycles. The lowest BCUT2D eigenvalue weighted by atomic mass is 10.2. The molecule has 0 amide bonds. The molecule has 0 fully saturated rings. The van der Waals surface area contributed by atoms with Crippen LogP contribution in [0.1, 0.15) is 0 Å². The Bertz CT molecular complexity index is 731. The second kappa shape index (κ2) is 4.13. The molecule has 19 heavy (non-hydrogen) atoms. The van der Waals surface area contributed by atoms with Crippen molar-refractivity contribution in [2.75, 3.05) is 5.73 Å². The molecule has 0 saturated carbocycles. The molecule has 1 aromatic carbocycles. The maximum Gasteiger partial charge on any atom is 0.262 e. The van der Waals surface area contributed by atoms with Crippen LogP contribution in [0.25, 0.3) is 22.8 Å². The Hall–Kier alpha value is -2.83. The normalized spacial score (nSPS) is 10.8. The molecule has 0 radical (unpaired) electrons. The second-order valence-corrected chi connectivity index (χ2v) is 4.07. The van der Waals surface area contributed by atoms with Gasteiger partial charge >= 0.3 is 0 Å². The molecule has 0 bridgehead atoms. The molecular formula is C12H11N5O2. The largest absolute Gasteiger partial charge is 0.505 e. The zero-order chi connectivity index (χ0) is 13.4. The average molecular weight is 257 g/mol. The molecule has 3 rings (SSSR count). The quantitative estimate of drug-likeness (QED) is 0.531. The minimum Gasteiger partial charge on any atom is -0.505 e. The van der Waals surface area contributed by atoms with Crippen LogP contribution in [-0.4, -0.2) is 25.0 Å². The highest BCUT2D eigenvalue weighted by atomic mass is 16.5. The molecule has 0 aliphatic carbocycles. The minimum atomic E-state index is -0.0658. The molecule has 0 aliphatic heterocycles. The first kappa shape index (κ1) is 11.3. The van der Waals surface area contributed by atoms with Crippen LogP contribution in [0, 0.1) is 0 Å². The smallest absolute Gasteiger partial charge is 0.262 e. The van der Waals surface area contributed by atoms with Gasteiger partial charge in [0.05, 0.1) is 23.0 Å². The lowest BCUT2D eigenvalue weighted by Gasteiger charge is -2.01. The first-order valence-corrected chi connectivity index (χ1v) is 5.55. The van der Waals surface area contributed by atoms with Gasteiger partial charge in [-0.25, -0.2) is 0 Å². The van der Waals surface area contributed by atoms with E-state index in [1.54, 1.807) is 42.3 Å². The first-order valence-electron chi connectivity index (χ1n) is 5.55. The molecular weight excluding hydrogens is 246 g/mol. The number of aromatic hydroxyl groups is 1. The summed E-state index contributed by atoms with van der Waals surface area (Å²) in [5.74, 6) is 0.553. The molecule has 3 N–H and O–H groups in total. The third-order valence-electron chi connectivity index (χ3n) is 2.69. The van der Waals surface area contributed by atoms with E-state index in [4.69, 9.17) is 10.3 Å².